The van der Waals surface area contributed by atoms with Crippen molar-refractivity contribution < 1.29 is 14.4 Å². The molecule has 2 aromatic rings. The van der Waals surface area contributed by atoms with Crippen LogP contribution in [0.15, 0.2) is 42.5 Å². The van der Waals surface area contributed by atoms with Gasteiger partial charge in [-0.15, -0.1) is 0 Å². The topological polar surface area (TPSA) is 87.3 Å². The molecule has 24 heavy (non-hydrogen) atoms. The zero-order chi connectivity index (χ0) is 17.1. The monoisotopic (exact) mass is 323 g/mol. The average molecular weight is 323 g/mol. The number of anilines is 2. The molecule has 3 N–H and O–H groups in total. The van der Waals surface area contributed by atoms with E-state index >= 15 is 0 Å². The van der Waals surface area contributed by atoms with Crippen LogP contribution in [0.5, 0.6) is 0 Å². The van der Waals surface area contributed by atoms with Crippen LogP contribution in [0, 0.1) is 6.92 Å². The normalized spacial score (nSPS) is 12.8. The Balaban J connectivity index is 1.69. The molecule has 0 radical (unpaired) electrons. The second-order valence-corrected chi connectivity index (χ2v) is 5.65. The van der Waals surface area contributed by atoms with E-state index in [0.717, 1.165) is 11.1 Å². The zero-order valence-electron chi connectivity index (χ0n) is 13.2. The number of aryl methyl sites for hydroxylation is 1. The first-order chi connectivity index (χ1) is 11.5. The maximum absolute atomic E-state index is 12.1. The zero-order valence-corrected chi connectivity index (χ0v) is 13.2. The summed E-state index contributed by atoms with van der Waals surface area (Å²) in [6, 6.07) is 11.6. The number of nitrogens with one attached hydrogen (secondary N) is 3. The molecular formula is C18H17N3O3. The Morgan fingerprint density at radius 1 is 1.04 bits per heavy atom. The lowest BCUT2D eigenvalue weighted by Crippen LogP contribution is -2.34. The van der Waals surface area contributed by atoms with Gasteiger partial charge in [0.25, 0.3) is 5.91 Å². The second kappa shape index (κ2) is 6.54. The highest BCUT2D eigenvalue weighted by Gasteiger charge is 2.19. The Morgan fingerprint density at radius 3 is 2.54 bits per heavy atom. The van der Waals surface area contributed by atoms with E-state index in [1.165, 1.54) is 0 Å². The standard InChI is InChI=1S/C18H17N3O3/c1-11-5-7-12(8-6-11)17(23)21-18(24)20-15-4-2-3-14-13(15)9-10-16(22)19-14/h2-8H,9-10H2,1H3,(H,19,22)(H2,20,21,23,24). The molecule has 0 spiro atoms. The second-order valence-electron chi connectivity index (χ2n) is 5.65. The molecule has 0 unspecified atom stereocenters. The third-order valence-electron chi connectivity index (χ3n) is 3.84. The van der Waals surface area contributed by atoms with E-state index < -0.39 is 11.9 Å². The van der Waals surface area contributed by atoms with Crippen LogP contribution in [0.2, 0.25) is 0 Å². The van der Waals surface area contributed by atoms with E-state index in [-0.39, 0.29) is 5.91 Å². The molecule has 2 aromatic carbocycles. The van der Waals surface area contributed by atoms with Gasteiger partial charge in [0.15, 0.2) is 0 Å². The minimum Gasteiger partial charge on any atom is -0.326 e. The number of amides is 4. The minimum absolute atomic E-state index is 0.0429. The van der Waals surface area contributed by atoms with Crippen LogP contribution in [0.4, 0.5) is 16.2 Å². The van der Waals surface area contributed by atoms with E-state index in [1.807, 2.05) is 19.1 Å². The van der Waals surface area contributed by atoms with Gasteiger partial charge in [-0.3, -0.25) is 14.9 Å². The van der Waals surface area contributed by atoms with Gasteiger partial charge >= 0.3 is 6.03 Å². The molecule has 0 fully saturated rings. The highest BCUT2D eigenvalue weighted by atomic mass is 16.2. The van der Waals surface area contributed by atoms with Gasteiger partial charge in [-0.25, -0.2) is 4.79 Å². The largest absolute Gasteiger partial charge is 0.326 e. The summed E-state index contributed by atoms with van der Waals surface area (Å²) in [6.07, 6.45) is 0.916. The smallest absolute Gasteiger partial charge is 0.326 e. The molecule has 4 amide bonds. The lowest BCUT2D eigenvalue weighted by Gasteiger charge is -2.20. The van der Waals surface area contributed by atoms with Crippen molar-refractivity contribution in [1.29, 1.82) is 0 Å². The number of carbonyl (C=O) groups excluding carboxylic acids is 3. The maximum Gasteiger partial charge on any atom is 0.326 e. The summed E-state index contributed by atoms with van der Waals surface area (Å²) in [5.74, 6) is -0.510. The quantitative estimate of drug-likeness (QED) is 0.794. The van der Waals surface area contributed by atoms with Gasteiger partial charge in [0.1, 0.15) is 0 Å². The Kier molecular flexibility index (Phi) is 4.29. The van der Waals surface area contributed by atoms with Crippen molar-refractivity contribution in [3.05, 3.63) is 59.2 Å². The van der Waals surface area contributed by atoms with Crippen molar-refractivity contribution in [2.45, 2.75) is 19.8 Å². The molecule has 0 saturated carbocycles. The number of fused-ring (bicyclic) bond motifs is 1. The highest BCUT2D eigenvalue weighted by molar-refractivity contribution is 6.08. The number of hydrogen-bond acceptors (Lipinski definition) is 3. The third-order valence-corrected chi connectivity index (χ3v) is 3.84. The molecule has 3 rings (SSSR count). The molecular weight excluding hydrogens is 306 g/mol. The van der Waals surface area contributed by atoms with E-state index in [2.05, 4.69) is 16.0 Å². The molecule has 6 nitrogen and oxygen atoms in total. The summed E-state index contributed by atoms with van der Waals surface area (Å²) < 4.78 is 0. The molecule has 0 bridgehead atoms. The fourth-order valence-electron chi connectivity index (χ4n) is 2.58. The Bertz CT molecular complexity index is 813. The molecule has 0 saturated heterocycles. The first-order valence-corrected chi connectivity index (χ1v) is 7.63. The molecule has 1 aliphatic rings. The van der Waals surface area contributed by atoms with Crippen LogP contribution in [-0.2, 0) is 11.2 Å². The maximum atomic E-state index is 12.1. The van der Waals surface area contributed by atoms with Crippen molar-refractivity contribution in [2.24, 2.45) is 0 Å². The molecule has 6 heteroatoms. The van der Waals surface area contributed by atoms with Crippen molar-refractivity contribution >= 4 is 29.2 Å². The minimum atomic E-state index is -0.606. The number of rotatable bonds is 2. The number of urea groups is 1. The molecule has 122 valence electrons. The van der Waals surface area contributed by atoms with E-state index in [0.29, 0.717) is 29.8 Å². The lowest BCUT2D eigenvalue weighted by atomic mass is 10.0. The van der Waals surface area contributed by atoms with E-state index in [9.17, 15) is 14.4 Å². The van der Waals surface area contributed by atoms with Crippen molar-refractivity contribution in [1.82, 2.24) is 5.32 Å². The number of imide groups is 1. The van der Waals surface area contributed by atoms with Gasteiger partial charge in [-0.2, -0.15) is 0 Å². The van der Waals surface area contributed by atoms with Crippen LogP contribution in [0.1, 0.15) is 27.9 Å². The molecule has 1 aliphatic heterocycles. The number of carbonyl (C=O) groups is 3. The summed E-state index contributed by atoms with van der Waals surface area (Å²) in [6.45, 7) is 1.92. The third kappa shape index (κ3) is 3.43. The van der Waals surface area contributed by atoms with Gasteiger partial charge in [-0.1, -0.05) is 23.8 Å². The molecule has 0 aromatic heterocycles. The fraction of sp³-hybridized carbons (Fsp3) is 0.167. The summed E-state index contributed by atoms with van der Waals surface area (Å²) in [5, 5.41) is 7.75. The van der Waals surface area contributed by atoms with Crippen molar-refractivity contribution in [3.63, 3.8) is 0 Å². The van der Waals surface area contributed by atoms with Gasteiger partial charge < -0.3 is 10.6 Å². The van der Waals surface area contributed by atoms with Gasteiger partial charge in [0.05, 0.1) is 0 Å². The first-order valence-electron chi connectivity index (χ1n) is 7.63. The van der Waals surface area contributed by atoms with Crippen LogP contribution < -0.4 is 16.0 Å². The lowest BCUT2D eigenvalue weighted by molar-refractivity contribution is -0.116. The first kappa shape index (κ1) is 15.7. The highest BCUT2D eigenvalue weighted by Crippen LogP contribution is 2.29. The van der Waals surface area contributed by atoms with Crippen LogP contribution in [0.3, 0.4) is 0 Å². The molecule has 0 aliphatic carbocycles. The average Bonchev–Trinajstić information content (AvgIpc) is 2.55. The SMILES string of the molecule is Cc1ccc(C(=O)NC(=O)Nc2cccc3c2CCC(=O)N3)cc1. The summed E-state index contributed by atoms with van der Waals surface area (Å²) in [5.41, 5.74) is 3.58. The number of benzene rings is 2. The predicted molar refractivity (Wildman–Crippen MR) is 91.1 cm³/mol. The van der Waals surface area contributed by atoms with Crippen molar-refractivity contribution in [3.8, 4) is 0 Å². The summed E-state index contributed by atoms with van der Waals surface area (Å²) >= 11 is 0. The Labute approximate surface area is 139 Å². The summed E-state index contributed by atoms with van der Waals surface area (Å²) in [4.78, 5) is 35.6. The van der Waals surface area contributed by atoms with Crippen LogP contribution in [-0.4, -0.2) is 17.8 Å². The van der Waals surface area contributed by atoms with Crippen LogP contribution >= 0.6 is 0 Å². The van der Waals surface area contributed by atoms with Crippen molar-refractivity contribution in [2.75, 3.05) is 10.6 Å². The van der Waals surface area contributed by atoms with E-state index in [1.54, 1.807) is 30.3 Å². The molecule has 0 atom stereocenters. The number of hydrogen-bond donors (Lipinski definition) is 3. The van der Waals surface area contributed by atoms with Gasteiger partial charge in [0.2, 0.25) is 5.91 Å². The fourth-order valence-corrected chi connectivity index (χ4v) is 2.58. The Hall–Kier alpha value is -3.15. The summed E-state index contributed by atoms with van der Waals surface area (Å²) in [7, 11) is 0. The predicted octanol–water partition coefficient (Wildman–Crippen LogP) is 2.84. The Morgan fingerprint density at radius 2 is 1.79 bits per heavy atom. The van der Waals surface area contributed by atoms with E-state index in [4.69, 9.17) is 0 Å². The van der Waals surface area contributed by atoms with Gasteiger partial charge in [-0.05, 0) is 43.2 Å². The van der Waals surface area contributed by atoms with Gasteiger partial charge in [0, 0.05) is 23.4 Å². The molecule has 1 heterocycles. The van der Waals surface area contributed by atoms with Crippen LogP contribution in [0.25, 0.3) is 0 Å².